The minimum atomic E-state index is 0.685. The molecule has 0 radical (unpaired) electrons. The topological polar surface area (TPSA) is 15.3 Å². The van der Waals surface area contributed by atoms with Crippen LogP contribution in [-0.2, 0) is 0 Å². The monoisotopic (exact) mass is 210 g/mol. The second-order valence-electron chi connectivity index (χ2n) is 4.90. The van der Waals surface area contributed by atoms with Crippen molar-refractivity contribution in [3.05, 3.63) is 12.7 Å². The number of nitrogens with one attached hydrogen (secondary N) is 1. The largest absolute Gasteiger partial charge is 0.311 e. The maximum Gasteiger partial charge on any atom is 0.0244 e. The standard InChI is InChI=1S/C13H26N2/c1-5-7-8-15-10-12(6-2)14-9-13(15)11(3)4/h5,11-14H,1,6-10H2,2-4H3. The fourth-order valence-electron chi connectivity index (χ4n) is 2.34. The lowest BCUT2D eigenvalue weighted by Gasteiger charge is -2.42. The van der Waals surface area contributed by atoms with Gasteiger partial charge in [0.25, 0.3) is 0 Å². The van der Waals surface area contributed by atoms with Crippen LogP contribution in [0.25, 0.3) is 0 Å². The summed E-state index contributed by atoms with van der Waals surface area (Å²) in [6.07, 6.45) is 4.37. The molecule has 1 fully saturated rings. The first-order valence-corrected chi connectivity index (χ1v) is 6.27. The molecule has 1 aliphatic rings. The van der Waals surface area contributed by atoms with Crippen LogP contribution in [0.4, 0.5) is 0 Å². The second-order valence-corrected chi connectivity index (χ2v) is 4.90. The molecule has 2 nitrogen and oxygen atoms in total. The SMILES string of the molecule is C=CCCN1CC(CC)NCC1C(C)C. The third kappa shape index (κ3) is 3.62. The molecule has 0 aliphatic carbocycles. The number of hydrogen-bond donors (Lipinski definition) is 1. The molecule has 2 atom stereocenters. The summed E-state index contributed by atoms with van der Waals surface area (Å²) in [6, 6.07) is 1.39. The molecule has 0 aromatic carbocycles. The van der Waals surface area contributed by atoms with Crippen LogP contribution in [0.3, 0.4) is 0 Å². The predicted molar refractivity (Wildman–Crippen MR) is 67.1 cm³/mol. The van der Waals surface area contributed by atoms with Crippen molar-refractivity contribution in [2.75, 3.05) is 19.6 Å². The molecule has 0 bridgehead atoms. The molecular weight excluding hydrogens is 184 g/mol. The summed E-state index contributed by atoms with van der Waals surface area (Å²) in [6.45, 7) is 14.2. The van der Waals surface area contributed by atoms with Crippen molar-refractivity contribution in [2.45, 2.75) is 45.7 Å². The molecule has 0 aromatic rings. The van der Waals surface area contributed by atoms with E-state index < -0.39 is 0 Å². The molecule has 2 heteroatoms. The normalized spacial score (nSPS) is 28.3. The Hall–Kier alpha value is -0.340. The maximum atomic E-state index is 3.81. The molecule has 88 valence electrons. The van der Waals surface area contributed by atoms with Crippen LogP contribution < -0.4 is 5.32 Å². The summed E-state index contributed by atoms with van der Waals surface area (Å²) in [7, 11) is 0. The summed E-state index contributed by atoms with van der Waals surface area (Å²) in [5.74, 6) is 0.736. The average Bonchev–Trinajstić information content (AvgIpc) is 2.25. The van der Waals surface area contributed by atoms with Gasteiger partial charge in [-0.15, -0.1) is 6.58 Å². The zero-order valence-corrected chi connectivity index (χ0v) is 10.5. The Labute approximate surface area is 94.7 Å². The van der Waals surface area contributed by atoms with Crippen LogP contribution in [0.15, 0.2) is 12.7 Å². The Kier molecular flexibility index (Phi) is 5.34. The zero-order chi connectivity index (χ0) is 11.3. The first-order chi connectivity index (χ1) is 7.19. The van der Waals surface area contributed by atoms with Gasteiger partial charge in [0.05, 0.1) is 0 Å². The van der Waals surface area contributed by atoms with Gasteiger partial charge < -0.3 is 5.32 Å². The molecule has 0 amide bonds. The van der Waals surface area contributed by atoms with E-state index >= 15 is 0 Å². The molecule has 1 aliphatic heterocycles. The van der Waals surface area contributed by atoms with Crippen LogP contribution in [-0.4, -0.2) is 36.6 Å². The molecule has 1 heterocycles. The Bertz CT molecular complexity index is 189. The quantitative estimate of drug-likeness (QED) is 0.700. The highest BCUT2D eigenvalue weighted by Crippen LogP contribution is 2.16. The summed E-state index contributed by atoms with van der Waals surface area (Å²) < 4.78 is 0. The molecule has 1 N–H and O–H groups in total. The summed E-state index contributed by atoms with van der Waals surface area (Å²) in [5, 5.41) is 3.64. The number of nitrogens with zero attached hydrogens (tertiary/aromatic N) is 1. The van der Waals surface area contributed by atoms with E-state index in [-0.39, 0.29) is 0 Å². The fourth-order valence-corrected chi connectivity index (χ4v) is 2.34. The molecule has 0 aromatic heterocycles. The van der Waals surface area contributed by atoms with Crippen molar-refractivity contribution in [3.8, 4) is 0 Å². The van der Waals surface area contributed by atoms with Gasteiger partial charge in [0.2, 0.25) is 0 Å². The van der Waals surface area contributed by atoms with E-state index in [2.05, 4.69) is 37.6 Å². The van der Waals surface area contributed by atoms with Gasteiger partial charge in [-0.2, -0.15) is 0 Å². The lowest BCUT2D eigenvalue weighted by Crippen LogP contribution is -2.58. The number of hydrogen-bond acceptors (Lipinski definition) is 2. The van der Waals surface area contributed by atoms with Crippen LogP contribution in [0.1, 0.15) is 33.6 Å². The van der Waals surface area contributed by atoms with E-state index in [1.165, 1.54) is 19.5 Å². The molecule has 2 unspecified atom stereocenters. The van der Waals surface area contributed by atoms with Crippen LogP contribution >= 0.6 is 0 Å². The lowest BCUT2D eigenvalue weighted by atomic mass is 9.97. The van der Waals surface area contributed by atoms with Gasteiger partial charge in [-0.25, -0.2) is 0 Å². The first kappa shape index (κ1) is 12.7. The minimum Gasteiger partial charge on any atom is -0.311 e. The highest BCUT2D eigenvalue weighted by molar-refractivity contribution is 4.88. The minimum absolute atomic E-state index is 0.685. The van der Waals surface area contributed by atoms with Gasteiger partial charge >= 0.3 is 0 Å². The van der Waals surface area contributed by atoms with E-state index in [1.54, 1.807) is 0 Å². The molecule has 1 rings (SSSR count). The third-order valence-corrected chi connectivity index (χ3v) is 3.42. The Balaban J connectivity index is 2.52. The molecule has 1 saturated heterocycles. The Morgan fingerprint density at radius 3 is 2.80 bits per heavy atom. The van der Waals surface area contributed by atoms with Gasteiger partial charge in [0.1, 0.15) is 0 Å². The highest BCUT2D eigenvalue weighted by Gasteiger charge is 2.28. The van der Waals surface area contributed by atoms with Crippen molar-refractivity contribution < 1.29 is 0 Å². The van der Waals surface area contributed by atoms with Gasteiger partial charge in [0, 0.05) is 31.7 Å². The smallest absolute Gasteiger partial charge is 0.0244 e. The van der Waals surface area contributed by atoms with Crippen molar-refractivity contribution in [2.24, 2.45) is 5.92 Å². The van der Waals surface area contributed by atoms with E-state index in [1.807, 2.05) is 6.08 Å². The summed E-state index contributed by atoms with van der Waals surface area (Å²) in [4.78, 5) is 2.64. The number of rotatable bonds is 5. The van der Waals surface area contributed by atoms with Crippen molar-refractivity contribution in [1.29, 1.82) is 0 Å². The Morgan fingerprint density at radius 2 is 2.27 bits per heavy atom. The maximum absolute atomic E-state index is 3.81. The Morgan fingerprint density at radius 1 is 1.53 bits per heavy atom. The van der Waals surface area contributed by atoms with Crippen molar-refractivity contribution >= 4 is 0 Å². The van der Waals surface area contributed by atoms with Gasteiger partial charge in [-0.1, -0.05) is 26.8 Å². The van der Waals surface area contributed by atoms with Crippen molar-refractivity contribution in [3.63, 3.8) is 0 Å². The van der Waals surface area contributed by atoms with Gasteiger partial charge in [0.15, 0.2) is 0 Å². The first-order valence-electron chi connectivity index (χ1n) is 6.27. The second kappa shape index (κ2) is 6.29. The molecular formula is C13H26N2. The average molecular weight is 210 g/mol. The van der Waals surface area contributed by atoms with E-state index in [9.17, 15) is 0 Å². The van der Waals surface area contributed by atoms with Gasteiger partial charge in [-0.3, -0.25) is 4.90 Å². The van der Waals surface area contributed by atoms with E-state index in [0.29, 0.717) is 12.1 Å². The zero-order valence-electron chi connectivity index (χ0n) is 10.5. The van der Waals surface area contributed by atoms with Gasteiger partial charge in [-0.05, 0) is 18.8 Å². The van der Waals surface area contributed by atoms with Crippen LogP contribution in [0, 0.1) is 5.92 Å². The third-order valence-electron chi connectivity index (χ3n) is 3.42. The lowest BCUT2D eigenvalue weighted by molar-refractivity contribution is 0.0992. The molecule has 0 spiro atoms. The fraction of sp³-hybridized carbons (Fsp3) is 0.846. The predicted octanol–water partition coefficient (Wildman–Crippen LogP) is 2.27. The van der Waals surface area contributed by atoms with E-state index in [0.717, 1.165) is 18.9 Å². The molecule has 0 saturated carbocycles. The summed E-state index contributed by atoms with van der Waals surface area (Å²) in [5.41, 5.74) is 0. The summed E-state index contributed by atoms with van der Waals surface area (Å²) >= 11 is 0. The van der Waals surface area contributed by atoms with Crippen LogP contribution in [0.2, 0.25) is 0 Å². The highest BCUT2D eigenvalue weighted by atomic mass is 15.2. The van der Waals surface area contributed by atoms with Crippen LogP contribution in [0.5, 0.6) is 0 Å². The molecule has 15 heavy (non-hydrogen) atoms. The van der Waals surface area contributed by atoms with Crippen molar-refractivity contribution in [1.82, 2.24) is 10.2 Å². The number of piperazine rings is 1. The van der Waals surface area contributed by atoms with E-state index in [4.69, 9.17) is 0 Å².